The normalized spacial score (nSPS) is 10.8. The van der Waals surface area contributed by atoms with Crippen molar-refractivity contribution in [3.05, 3.63) is 17.5 Å². The Morgan fingerprint density at radius 3 is 2.92 bits per heavy atom. The highest BCUT2D eigenvalue weighted by Crippen LogP contribution is 2.36. The van der Waals surface area contributed by atoms with Crippen molar-refractivity contribution in [1.29, 1.82) is 0 Å². The van der Waals surface area contributed by atoms with E-state index in [-0.39, 0.29) is 5.75 Å². The molecule has 4 heteroatoms. The summed E-state index contributed by atoms with van der Waals surface area (Å²) in [5.41, 5.74) is 6.06. The van der Waals surface area contributed by atoms with E-state index in [0.29, 0.717) is 5.69 Å². The standard InChI is InChI=1S/C9H9NOS2/c1-12-9-4-13-8-3-7(11)6(10)2-5(8)9/h2-4,11H,10H2,1H3. The molecule has 3 N–H and O–H groups in total. The van der Waals surface area contributed by atoms with Gasteiger partial charge in [-0.05, 0) is 18.4 Å². The average Bonchev–Trinajstić information content (AvgIpc) is 2.48. The molecule has 0 aliphatic rings. The van der Waals surface area contributed by atoms with Crippen LogP contribution >= 0.6 is 23.1 Å². The Kier molecular flexibility index (Phi) is 2.09. The Labute approximate surface area is 84.4 Å². The number of phenols is 1. The Balaban J connectivity index is 2.77. The average molecular weight is 211 g/mol. The summed E-state index contributed by atoms with van der Waals surface area (Å²) in [6.45, 7) is 0. The molecule has 1 aromatic heterocycles. The molecule has 2 aromatic rings. The van der Waals surface area contributed by atoms with Crippen LogP contribution in [0, 0.1) is 0 Å². The van der Waals surface area contributed by atoms with Crippen LogP contribution in [0.25, 0.3) is 10.1 Å². The van der Waals surface area contributed by atoms with Crippen LogP contribution < -0.4 is 5.73 Å². The third-order valence-electron chi connectivity index (χ3n) is 1.91. The lowest BCUT2D eigenvalue weighted by molar-refractivity contribution is 0.479. The maximum Gasteiger partial charge on any atom is 0.139 e. The first kappa shape index (κ1) is 8.72. The molecule has 0 unspecified atom stereocenters. The molecule has 1 aromatic carbocycles. The highest BCUT2D eigenvalue weighted by atomic mass is 32.2. The molecule has 0 bridgehead atoms. The van der Waals surface area contributed by atoms with Crippen LogP contribution in [0.1, 0.15) is 0 Å². The van der Waals surface area contributed by atoms with Gasteiger partial charge in [0.05, 0.1) is 5.69 Å². The maximum absolute atomic E-state index is 9.37. The van der Waals surface area contributed by atoms with Gasteiger partial charge in [0.1, 0.15) is 5.75 Å². The molecule has 0 atom stereocenters. The summed E-state index contributed by atoms with van der Waals surface area (Å²) in [4.78, 5) is 1.21. The quantitative estimate of drug-likeness (QED) is 0.433. The van der Waals surface area contributed by atoms with Gasteiger partial charge < -0.3 is 10.8 Å². The van der Waals surface area contributed by atoms with Crippen molar-refractivity contribution < 1.29 is 5.11 Å². The summed E-state index contributed by atoms with van der Waals surface area (Å²) in [7, 11) is 0. The number of anilines is 1. The third kappa shape index (κ3) is 1.36. The lowest BCUT2D eigenvalue weighted by Crippen LogP contribution is -1.84. The van der Waals surface area contributed by atoms with Crippen LogP contribution in [-0.4, -0.2) is 11.4 Å². The molecule has 13 heavy (non-hydrogen) atoms. The van der Waals surface area contributed by atoms with Crippen molar-refractivity contribution in [1.82, 2.24) is 0 Å². The van der Waals surface area contributed by atoms with E-state index < -0.39 is 0 Å². The van der Waals surface area contributed by atoms with E-state index in [4.69, 9.17) is 5.73 Å². The van der Waals surface area contributed by atoms with Crippen molar-refractivity contribution in [3.63, 3.8) is 0 Å². The highest BCUT2D eigenvalue weighted by Gasteiger charge is 2.06. The molecule has 0 saturated carbocycles. The maximum atomic E-state index is 9.37. The summed E-state index contributed by atoms with van der Waals surface area (Å²) >= 11 is 3.32. The minimum absolute atomic E-state index is 0.169. The van der Waals surface area contributed by atoms with Gasteiger partial charge in [-0.2, -0.15) is 0 Å². The Hall–Kier alpha value is -0.870. The molecule has 0 fully saturated rings. The van der Waals surface area contributed by atoms with Gasteiger partial charge in [-0.15, -0.1) is 23.1 Å². The fraction of sp³-hybridized carbons (Fsp3) is 0.111. The second-order valence-corrected chi connectivity index (χ2v) is 4.47. The topological polar surface area (TPSA) is 46.2 Å². The number of phenolic OH excluding ortho intramolecular Hbond substituents is 1. The molecule has 2 rings (SSSR count). The number of rotatable bonds is 1. The van der Waals surface area contributed by atoms with Crippen LogP contribution in [0.5, 0.6) is 5.75 Å². The number of thiophene rings is 1. The Morgan fingerprint density at radius 2 is 2.23 bits per heavy atom. The van der Waals surface area contributed by atoms with Crippen molar-refractivity contribution in [3.8, 4) is 5.75 Å². The lowest BCUT2D eigenvalue weighted by Gasteiger charge is -1.99. The van der Waals surface area contributed by atoms with E-state index in [9.17, 15) is 5.11 Å². The fourth-order valence-corrected chi connectivity index (χ4v) is 3.03. The third-order valence-corrected chi connectivity index (χ3v) is 3.78. The molecule has 68 valence electrons. The summed E-state index contributed by atoms with van der Waals surface area (Å²) in [6, 6.07) is 3.54. The van der Waals surface area contributed by atoms with E-state index in [0.717, 1.165) is 10.1 Å². The van der Waals surface area contributed by atoms with Crippen LogP contribution in [-0.2, 0) is 0 Å². The number of aromatic hydroxyl groups is 1. The first-order chi connectivity index (χ1) is 6.22. The molecule has 0 spiro atoms. The van der Waals surface area contributed by atoms with E-state index in [1.807, 2.05) is 12.3 Å². The summed E-state index contributed by atoms with van der Waals surface area (Å²) < 4.78 is 1.08. The summed E-state index contributed by atoms with van der Waals surface area (Å²) in [6.07, 6.45) is 2.03. The minimum atomic E-state index is 0.169. The zero-order chi connectivity index (χ0) is 9.42. The van der Waals surface area contributed by atoms with Gasteiger partial charge in [-0.3, -0.25) is 0 Å². The highest BCUT2D eigenvalue weighted by molar-refractivity contribution is 7.99. The monoisotopic (exact) mass is 211 g/mol. The van der Waals surface area contributed by atoms with Crippen molar-refractivity contribution in [2.24, 2.45) is 0 Å². The van der Waals surface area contributed by atoms with Gasteiger partial charge in [0.2, 0.25) is 0 Å². The first-order valence-electron chi connectivity index (χ1n) is 3.76. The predicted molar refractivity (Wildman–Crippen MR) is 59.7 cm³/mol. The van der Waals surface area contributed by atoms with E-state index in [2.05, 4.69) is 5.38 Å². The van der Waals surface area contributed by atoms with Gasteiger partial charge in [0.25, 0.3) is 0 Å². The van der Waals surface area contributed by atoms with Crippen molar-refractivity contribution >= 4 is 38.9 Å². The molecule has 0 amide bonds. The Bertz CT molecular complexity index is 450. The minimum Gasteiger partial charge on any atom is -0.506 e. The number of nitrogens with two attached hydrogens (primary N) is 1. The number of benzene rings is 1. The molecule has 0 aliphatic heterocycles. The van der Waals surface area contributed by atoms with Gasteiger partial charge >= 0.3 is 0 Å². The zero-order valence-electron chi connectivity index (χ0n) is 7.07. The van der Waals surface area contributed by atoms with Gasteiger partial charge in [0, 0.05) is 20.4 Å². The van der Waals surface area contributed by atoms with Gasteiger partial charge in [-0.25, -0.2) is 0 Å². The summed E-state index contributed by atoms with van der Waals surface area (Å²) in [5.74, 6) is 0.169. The number of hydrogen-bond donors (Lipinski definition) is 2. The van der Waals surface area contributed by atoms with Gasteiger partial charge in [-0.1, -0.05) is 0 Å². The van der Waals surface area contributed by atoms with Crippen LogP contribution in [0.15, 0.2) is 22.4 Å². The molecule has 1 heterocycles. The smallest absolute Gasteiger partial charge is 0.139 e. The van der Waals surface area contributed by atoms with E-state index >= 15 is 0 Å². The molecule has 2 nitrogen and oxygen atoms in total. The zero-order valence-corrected chi connectivity index (χ0v) is 8.71. The second kappa shape index (κ2) is 3.12. The van der Waals surface area contributed by atoms with Crippen LogP contribution in [0.3, 0.4) is 0 Å². The predicted octanol–water partition coefficient (Wildman–Crippen LogP) is 2.91. The van der Waals surface area contributed by atoms with Crippen molar-refractivity contribution in [2.45, 2.75) is 4.90 Å². The fourth-order valence-electron chi connectivity index (χ4n) is 1.21. The molecule has 0 aliphatic carbocycles. The number of fused-ring (bicyclic) bond motifs is 1. The largest absolute Gasteiger partial charge is 0.506 e. The number of thioether (sulfide) groups is 1. The van der Waals surface area contributed by atoms with E-state index in [1.54, 1.807) is 29.2 Å². The van der Waals surface area contributed by atoms with E-state index in [1.165, 1.54) is 4.90 Å². The first-order valence-corrected chi connectivity index (χ1v) is 5.86. The summed E-state index contributed by atoms with van der Waals surface area (Å²) in [5, 5.41) is 12.6. The molecular weight excluding hydrogens is 202 g/mol. The number of hydrogen-bond acceptors (Lipinski definition) is 4. The molecule has 0 saturated heterocycles. The second-order valence-electron chi connectivity index (χ2n) is 2.71. The lowest BCUT2D eigenvalue weighted by atomic mass is 10.2. The molecular formula is C9H9NOS2. The van der Waals surface area contributed by atoms with Crippen LogP contribution in [0.2, 0.25) is 0 Å². The Morgan fingerprint density at radius 1 is 1.46 bits per heavy atom. The van der Waals surface area contributed by atoms with Crippen molar-refractivity contribution in [2.75, 3.05) is 12.0 Å². The number of nitrogen functional groups attached to an aromatic ring is 1. The molecule has 0 radical (unpaired) electrons. The SMILES string of the molecule is CSc1csc2cc(O)c(N)cc12. The van der Waals surface area contributed by atoms with Gasteiger partial charge in [0.15, 0.2) is 0 Å². The van der Waals surface area contributed by atoms with Crippen LogP contribution in [0.4, 0.5) is 5.69 Å².